The monoisotopic (exact) mass is 252 g/mol. The van der Waals surface area contributed by atoms with Crippen LogP contribution in [0.15, 0.2) is 12.3 Å². The van der Waals surface area contributed by atoms with E-state index in [2.05, 4.69) is 36.3 Å². The summed E-state index contributed by atoms with van der Waals surface area (Å²) in [6.07, 6.45) is 18.6. The molecule has 1 heterocycles. The molecular weight excluding hydrogens is 220 g/mol. The van der Waals surface area contributed by atoms with E-state index in [0.717, 1.165) is 6.54 Å². The molecule has 1 aliphatic rings. The normalized spacial score (nSPS) is 15.8. The van der Waals surface area contributed by atoms with Crippen LogP contribution in [0.4, 0.5) is 0 Å². The lowest BCUT2D eigenvalue weighted by Crippen LogP contribution is -2.32. The quantitative estimate of drug-likeness (QED) is 0.496. The zero-order valence-electron chi connectivity index (χ0n) is 12.5. The first-order valence-electron chi connectivity index (χ1n) is 7.99. The molecule has 0 N–H and O–H groups in total. The maximum atomic E-state index is 2.41. The van der Waals surface area contributed by atoms with Crippen LogP contribution in [0.3, 0.4) is 0 Å². The van der Waals surface area contributed by atoms with Crippen molar-refractivity contribution in [3.05, 3.63) is 12.3 Å². The second-order valence-electron chi connectivity index (χ2n) is 5.55. The minimum absolute atomic E-state index is 1.11. The van der Waals surface area contributed by atoms with E-state index in [-0.39, 0.29) is 0 Å². The smallest absolute Gasteiger partial charge is 0.0378 e. The number of rotatable bonds is 11. The van der Waals surface area contributed by atoms with Crippen molar-refractivity contribution in [2.75, 3.05) is 20.1 Å². The topological polar surface area (TPSA) is 6.48 Å². The Balaban J connectivity index is 1.76. The van der Waals surface area contributed by atoms with Crippen LogP contribution in [0.1, 0.15) is 71.1 Å². The Labute approximate surface area is 114 Å². The van der Waals surface area contributed by atoms with Gasteiger partial charge in [0.15, 0.2) is 0 Å². The van der Waals surface area contributed by atoms with Crippen LogP contribution < -0.4 is 0 Å². The summed E-state index contributed by atoms with van der Waals surface area (Å²) in [4.78, 5) is 0. The molecule has 0 amide bonds. The molecule has 0 unspecified atom stereocenters. The van der Waals surface area contributed by atoms with E-state index in [1.165, 1.54) is 70.8 Å². The second kappa shape index (κ2) is 10.4. The van der Waals surface area contributed by atoms with E-state index >= 15 is 0 Å². The zero-order valence-corrected chi connectivity index (χ0v) is 12.5. The Hall–Kier alpha value is -0.500. The Morgan fingerprint density at radius 2 is 1.39 bits per heavy atom. The van der Waals surface area contributed by atoms with Gasteiger partial charge in [0, 0.05) is 26.3 Å². The van der Waals surface area contributed by atoms with Gasteiger partial charge in [0.1, 0.15) is 0 Å². The average molecular weight is 252 g/mol. The minimum atomic E-state index is 1.11. The first-order chi connectivity index (χ1) is 8.84. The summed E-state index contributed by atoms with van der Waals surface area (Å²) >= 11 is 0. The lowest BCUT2D eigenvalue weighted by Gasteiger charge is -2.24. The fourth-order valence-electron chi connectivity index (χ4n) is 2.58. The van der Waals surface area contributed by atoms with Gasteiger partial charge in [-0.15, -0.1) is 0 Å². The van der Waals surface area contributed by atoms with Gasteiger partial charge in [0.05, 0.1) is 0 Å². The van der Waals surface area contributed by atoms with Crippen LogP contribution in [0.25, 0.3) is 0 Å². The van der Waals surface area contributed by atoms with E-state index in [1.807, 2.05) is 0 Å². The first-order valence-corrected chi connectivity index (χ1v) is 7.99. The second-order valence-corrected chi connectivity index (χ2v) is 5.55. The van der Waals surface area contributed by atoms with Crippen LogP contribution in [0.2, 0.25) is 0 Å². The highest BCUT2D eigenvalue weighted by atomic mass is 15.6. The molecule has 106 valence electrons. The number of hydrogen-bond acceptors (Lipinski definition) is 2. The van der Waals surface area contributed by atoms with Crippen LogP contribution in [0.5, 0.6) is 0 Å². The maximum absolute atomic E-state index is 2.41. The van der Waals surface area contributed by atoms with E-state index in [9.17, 15) is 0 Å². The van der Waals surface area contributed by atoms with E-state index in [1.54, 1.807) is 0 Å². The molecular formula is C16H32N2. The highest BCUT2D eigenvalue weighted by Crippen LogP contribution is 2.12. The predicted molar refractivity (Wildman–Crippen MR) is 80.3 cm³/mol. The third-order valence-corrected chi connectivity index (χ3v) is 3.85. The fraction of sp³-hybridized carbons (Fsp3) is 0.875. The van der Waals surface area contributed by atoms with Gasteiger partial charge in [-0.3, -0.25) is 0 Å². The van der Waals surface area contributed by atoms with Crippen molar-refractivity contribution in [1.29, 1.82) is 0 Å². The molecule has 0 aliphatic carbocycles. The van der Waals surface area contributed by atoms with Crippen molar-refractivity contribution in [3.63, 3.8) is 0 Å². The zero-order chi connectivity index (χ0) is 13.1. The molecule has 0 aromatic heterocycles. The van der Waals surface area contributed by atoms with Gasteiger partial charge in [0.2, 0.25) is 0 Å². The molecule has 1 aliphatic heterocycles. The van der Waals surface area contributed by atoms with Crippen LogP contribution >= 0.6 is 0 Å². The largest absolute Gasteiger partial charge is 0.316 e. The van der Waals surface area contributed by atoms with Gasteiger partial charge in [-0.05, 0) is 6.42 Å². The maximum Gasteiger partial charge on any atom is 0.0378 e. The van der Waals surface area contributed by atoms with Crippen LogP contribution in [-0.4, -0.2) is 30.2 Å². The molecule has 2 heteroatoms. The third-order valence-electron chi connectivity index (χ3n) is 3.85. The van der Waals surface area contributed by atoms with Crippen molar-refractivity contribution in [1.82, 2.24) is 10.0 Å². The van der Waals surface area contributed by atoms with Gasteiger partial charge in [-0.2, -0.15) is 0 Å². The highest BCUT2D eigenvalue weighted by molar-refractivity contribution is 4.89. The summed E-state index contributed by atoms with van der Waals surface area (Å²) in [5, 5.41) is 4.62. The Bertz CT molecular complexity index is 213. The van der Waals surface area contributed by atoms with E-state index in [4.69, 9.17) is 0 Å². The van der Waals surface area contributed by atoms with Gasteiger partial charge in [-0.25, -0.2) is 5.01 Å². The van der Waals surface area contributed by atoms with Crippen molar-refractivity contribution in [2.24, 2.45) is 0 Å². The van der Waals surface area contributed by atoms with Gasteiger partial charge in [0.25, 0.3) is 0 Å². The lowest BCUT2D eigenvalue weighted by molar-refractivity contribution is 0.0779. The summed E-state index contributed by atoms with van der Waals surface area (Å²) in [5.74, 6) is 0. The summed E-state index contributed by atoms with van der Waals surface area (Å²) in [7, 11) is 2.14. The predicted octanol–water partition coefficient (Wildman–Crippen LogP) is 4.58. The van der Waals surface area contributed by atoms with Crippen LogP contribution in [-0.2, 0) is 0 Å². The Kier molecular flexibility index (Phi) is 9.01. The molecule has 0 radical (unpaired) electrons. The summed E-state index contributed by atoms with van der Waals surface area (Å²) in [6, 6.07) is 0. The summed E-state index contributed by atoms with van der Waals surface area (Å²) < 4.78 is 0. The summed E-state index contributed by atoms with van der Waals surface area (Å²) in [6.45, 7) is 4.61. The van der Waals surface area contributed by atoms with Crippen molar-refractivity contribution in [2.45, 2.75) is 71.1 Å². The van der Waals surface area contributed by atoms with Gasteiger partial charge >= 0.3 is 0 Å². The van der Waals surface area contributed by atoms with E-state index in [0.29, 0.717) is 0 Å². The number of nitrogens with zero attached hydrogens (tertiary/aromatic N) is 2. The molecule has 2 nitrogen and oxygen atoms in total. The Morgan fingerprint density at radius 1 is 0.833 bits per heavy atom. The Morgan fingerprint density at radius 3 is 1.89 bits per heavy atom. The van der Waals surface area contributed by atoms with Gasteiger partial charge in [-0.1, -0.05) is 70.8 Å². The number of hydrogen-bond donors (Lipinski definition) is 0. The number of hydrazine groups is 1. The molecule has 0 spiro atoms. The van der Waals surface area contributed by atoms with Gasteiger partial charge < -0.3 is 5.01 Å². The molecule has 0 atom stereocenters. The SMILES string of the molecule is CCCCCCCCCCCCN1CC=CN1C. The van der Waals surface area contributed by atoms with E-state index < -0.39 is 0 Å². The molecule has 0 aromatic rings. The standard InChI is InChI=1S/C16H32N2/c1-3-4-5-6-7-8-9-10-11-12-15-18-16-13-14-17(18)2/h13-14H,3-12,15-16H2,1-2H3. The first kappa shape index (κ1) is 15.6. The van der Waals surface area contributed by atoms with Crippen molar-refractivity contribution < 1.29 is 0 Å². The average Bonchev–Trinajstić information content (AvgIpc) is 2.77. The lowest BCUT2D eigenvalue weighted by atomic mass is 10.1. The molecule has 0 aromatic carbocycles. The summed E-state index contributed by atoms with van der Waals surface area (Å²) in [5.41, 5.74) is 0. The molecule has 1 rings (SSSR count). The minimum Gasteiger partial charge on any atom is -0.316 e. The molecule has 0 saturated carbocycles. The third kappa shape index (κ3) is 7.05. The molecule has 0 bridgehead atoms. The van der Waals surface area contributed by atoms with Crippen molar-refractivity contribution >= 4 is 0 Å². The molecule has 18 heavy (non-hydrogen) atoms. The van der Waals surface area contributed by atoms with Crippen LogP contribution in [0, 0.1) is 0 Å². The fourth-order valence-corrected chi connectivity index (χ4v) is 2.58. The molecule has 0 saturated heterocycles. The van der Waals surface area contributed by atoms with Crippen molar-refractivity contribution in [3.8, 4) is 0 Å². The number of unbranched alkanes of at least 4 members (excludes halogenated alkanes) is 9. The molecule has 0 fully saturated rings. The highest BCUT2D eigenvalue weighted by Gasteiger charge is 2.10.